The molecule has 0 heterocycles. The first-order chi connectivity index (χ1) is 7.40. The van der Waals surface area contributed by atoms with E-state index in [4.69, 9.17) is 5.73 Å². The van der Waals surface area contributed by atoms with Crippen LogP contribution in [0.4, 0.5) is 14.5 Å². The monoisotopic (exact) mass is 244 g/mol. The van der Waals surface area contributed by atoms with Crippen LogP contribution in [-0.2, 0) is 4.79 Å². The Labute approximate surface area is 96.6 Å². The second-order valence-corrected chi connectivity index (χ2v) is 3.74. The van der Waals surface area contributed by atoms with Gasteiger partial charge in [-0.3, -0.25) is 4.79 Å². The van der Waals surface area contributed by atoms with Crippen LogP contribution in [0.1, 0.15) is 6.92 Å². The molecule has 1 rings (SSSR count). The molecule has 0 spiro atoms. The summed E-state index contributed by atoms with van der Waals surface area (Å²) in [5, 5.41) is 2.32. The van der Waals surface area contributed by atoms with Crippen molar-refractivity contribution in [2.45, 2.75) is 6.92 Å². The first-order valence-electron chi connectivity index (χ1n) is 4.46. The highest BCUT2D eigenvalue weighted by Crippen LogP contribution is 2.13. The van der Waals surface area contributed by atoms with Crippen LogP contribution in [0.3, 0.4) is 0 Å². The molecule has 0 aliphatic heterocycles. The standard InChI is InChI=1S/C10H10F2N2OS/c1-5(9(13)16)10(15)14-8-3-6(11)2-7(12)4-8/h2-5H,1H3,(H2,13,16)(H,14,15). The molecule has 1 atom stereocenters. The Morgan fingerprint density at radius 3 is 2.31 bits per heavy atom. The van der Waals surface area contributed by atoms with E-state index < -0.39 is 23.5 Å². The van der Waals surface area contributed by atoms with E-state index >= 15 is 0 Å². The first-order valence-corrected chi connectivity index (χ1v) is 4.87. The smallest absolute Gasteiger partial charge is 0.234 e. The average Bonchev–Trinajstić information content (AvgIpc) is 2.14. The van der Waals surface area contributed by atoms with Crippen LogP contribution >= 0.6 is 12.2 Å². The van der Waals surface area contributed by atoms with Gasteiger partial charge in [0.05, 0.1) is 10.9 Å². The zero-order valence-electron chi connectivity index (χ0n) is 8.46. The summed E-state index contributed by atoms with van der Waals surface area (Å²) < 4.78 is 25.6. The number of nitrogens with two attached hydrogens (primary N) is 1. The lowest BCUT2D eigenvalue weighted by atomic mass is 10.1. The summed E-state index contributed by atoms with van der Waals surface area (Å²) in [4.78, 5) is 11.5. The second-order valence-electron chi connectivity index (χ2n) is 3.27. The minimum atomic E-state index is -0.765. The van der Waals surface area contributed by atoms with Gasteiger partial charge < -0.3 is 11.1 Å². The Hall–Kier alpha value is -1.56. The van der Waals surface area contributed by atoms with E-state index in [0.29, 0.717) is 6.07 Å². The number of amides is 1. The molecule has 0 saturated carbocycles. The van der Waals surface area contributed by atoms with Gasteiger partial charge in [0.15, 0.2) is 0 Å². The number of hydrogen-bond donors (Lipinski definition) is 2. The van der Waals surface area contributed by atoms with Gasteiger partial charge in [0, 0.05) is 11.8 Å². The fraction of sp³-hybridized carbons (Fsp3) is 0.200. The van der Waals surface area contributed by atoms with Crippen LogP contribution < -0.4 is 11.1 Å². The van der Waals surface area contributed by atoms with Gasteiger partial charge in [0.2, 0.25) is 5.91 Å². The molecule has 0 aliphatic rings. The van der Waals surface area contributed by atoms with Crippen molar-refractivity contribution in [3.05, 3.63) is 29.8 Å². The summed E-state index contributed by atoms with van der Waals surface area (Å²) in [7, 11) is 0. The second kappa shape index (κ2) is 4.98. The molecule has 0 radical (unpaired) electrons. The molecule has 0 aromatic heterocycles. The van der Waals surface area contributed by atoms with E-state index in [1.165, 1.54) is 6.92 Å². The molecule has 1 aromatic carbocycles. The molecule has 3 N–H and O–H groups in total. The number of carbonyl (C=O) groups is 1. The molecule has 1 unspecified atom stereocenters. The van der Waals surface area contributed by atoms with Crippen molar-refractivity contribution in [1.29, 1.82) is 0 Å². The van der Waals surface area contributed by atoms with Crippen molar-refractivity contribution >= 4 is 28.8 Å². The minimum absolute atomic E-state index is 0.0226. The molecule has 3 nitrogen and oxygen atoms in total. The van der Waals surface area contributed by atoms with E-state index in [9.17, 15) is 13.6 Å². The topological polar surface area (TPSA) is 55.1 Å². The van der Waals surface area contributed by atoms with Gasteiger partial charge in [0.25, 0.3) is 0 Å². The van der Waals surface area contributed by atoms with Gasteiger partial charge in [-0.15, -0.1) is 0 Å². The normalized spacial score (nSPS) is 11.9. The third kappa shape index (κ3) is 3.23. The summed E-state index contributed by atoms with van der Waals surface area (Å²) in [6.45, 7) is 1.51. The average molecular weight is 244 g/mol. The number of benzene rings is 1. The van der Waals surface area contributed by atoms with Crippen LogP contribution in [0.15, 0.2) is 18.2 Å². The molecule has 86 valence electrons. The van der Waals surface area contributed by atoms with Gasteiger partial charge in [-0.25, -0.2) is 8.78 Å². The number of carbonyl (C=O) groups excluding carboxylic acids is 1. The number of nitrogens with one attached hydrogen (secondary N) is 1. The van der Waals surface area contributed by atoms with Crippen molar-refractivity contribution in [3.8, 4) is 0 Å². The van der Waals surface area contributed by atoms with E-state index in [1.54, 1.807) is 0 Å². The largest absolute Gasteiger partial charge is 0.393 e. The third-order valence-corrected chi connectivity index (χ3v) is 2.30. The summed E-state index contributed by atoms with van der Waals surface area (Å²) in [5.74, 6) is -2.73. The quantitative estimate of drug-likeness (QED) is 0.797. The van der Waals surface area contributed by atoms with Crippen molar-refractivity contribution < 1.29 is 13.6 Å². The van der Waals surface area contributed by atoms with Crippen LogP contribution in [-0.4, -0.2) is 10.9 Å². The molecule has 16 heavy (non-hydrogen) atoms. The van der Waals surface area contributed by atoms with E-state index in [-0.39, 0.29) is 10.7 Å². The molecule has 0 fully saturated rings. The van der Waals surface area contributed by atoms with Crippen molar-refractivity contribution in [2.24, 2.45) is 11.7 Å². The van der Waals surface area contributed by atoms with E-state index in [2.05, 4.69) is 17.5 Å². The fourth-order valence-electron chi connectivity index (χ4n) is 1.01. The Morgan fingerprint density at radius 1 is 1.38 bits per heavy atom. The summed E-state index contributed by atoms with van der Waals surface area (Å²) >= 11 is 4.63. The maximum absolute atomic E-state index is 12.8. The van der Waals surface area contributed by atoms with Gasteiger partial charge in [-0.1, -0.05) is 12.2 Å². The predicted octanol–water partition coefficient (Wildman–Crippen LogP) is 1.83. The van der Waals surface area contributed by atoms with Crippen LogP contribution in [0.2, 0.25) is 0 Å². The van der Waals surface area contributed by atoms with Crippen LogP contribution in [0, 0.1) is 17.6 Å². The zero-order chi connectivity index (χ0) is 12.3. The zero-order valence-corrected chi connectivity index (χ0v) is 9.28. The summed E-state index contributed by atoms with van der Waals surface area (Å²) in [5.41, 5.74) is 5.31. The summed E-state index contributed by atoms with van der Waals surface area (Å²) in [6, 6.07) is 2.73. The van der Waals surface area contributed by atoms with Crippen molar-refractivity contribution in [3.63, 3.8) is 0 Å². The lowest BCUT2D eigenvalue weighted by Gasteiger charge is -2.10. The van der Waals surface area contributed by atoms with Gasteiger partial charge in [0.1, 0.15) is 11.6 Å². The molecule has 1 amide bonds. The number of halogens is 2. The highest BCUT2D eigenvalue weighted by molar-refractivity contribution is 7.80. The lowest BCUT2D eigenvalue weighted by Crippen LogP contribution is -2.30. The molecule has 0 bridgehead atoms. The van der Waals surface area contributed by atoms with Gasteiger partial charge in [-0.05, 0) is 19.1 Å². The Morgan fingerprint density at radius 2 is 1.88 bits per heavy atom. The van der Waals surface area contributed by atoms with E-state index in [0.717, 1.165) is 12.1 Å². The number of thiocarbonyl (C=S) groups is 1. The SMILES string of the molecule is CC(C(=O)Nc1cc(F)cc(F)c1)C(N)=S. The predicted molar refractivity (Wildman–Crippen MR) is 60.9 cm³/mol. The summed E-state index contributed by atoms with van der Waals surface area (Å²) in [6.07, 6.45) is 0. The molecular formula is C10H10F2N2OS. The highest BCUT2D eigenvalue weighted by atomic mass is 32.1. The molecule has 0 saturated heterocycles. The minimum Gasteiger partial charge on any atom is -0.393 e. The fourth-order valence-corrected chi connectivity index (χ4v) is 1.11. The van der Waals surface area contributed by atoms with Gasteiger partial charge in [-0.2, -0.15) is 0 Å². The number of rotatable bonds is 3. The Balaban J connectivity index is 2.81. The Kier molecular flexibility index (Phi) is 3.89. The lowest BCUT2D eigenvalue weighted by molar-refractivity contribution is -0.117. The molecular weight excluding hydrogens is 234 g/mol. The molecule has 1 aromatic rings. The van der Waals surface area contributed by atoms with Crippen molar-refractivity contribution in [2.75, 3.05) is 5.32 Å². The van der Waals surface area contributed by atoms with Gasteiger partial charge >= 0.3 is 0 Å². The molecule has 6 heteroatoms. The van der Waals surface area contributed by atoms with Crippen LogP contribution in [0.25, 0.3) is 0 Å². The first kappa shape index (κ1) is 12.5. The number of hydrogen-bond acceptors (Lipinski definition) is 2. The maximum Gasteiger partial charge on any atom is 0.234 e. The third-order valence-electron chi connectivity index (χ3n) is 1.95. The highest BCUT2D eigenvalue weighted by Gasteiger charge is 2.16. The number of anilines is 1. The van der Waals surface area contributed by atoms with Crippen molar-refractivity contribution in [1.82, 2.24) is 0 Å². The molecule has 0 aliphatic carbocycles. The Bertz CT molecular complexity index is 417. The van der Waals surface area contributed by atoms with E-state index in [1.807, 2.05) is 0 Å². The van der Waals surface area contributed by atoms with Crippen LogP contribution in [0.5, 0.6) is 0 Å². The maximum atomic E-state index is 12.8.